The molecule has 0 aliphatic heterocycles. The highest BCUT2D eigenvalue weighted by atomic mass is 16.4. The van der Waals surface area contributed by atoms with Gasteiger partial charge in [0.2, 0.25) is 0 Å². The number of anilines is 1. The van der Waals surface area contributed by atoms with Crippen LogP contribution in [-0.2, 0) is 11.2 Å². The molecular weight excluding hydrogens is 238 g/mol. The third kappa shape index (κ3) is 4.47. The van der Waals surface area contributed by atoms with Crippen LogP contribution in [0.2, 0.25) is 0 Å². The molecule has 2 aromatic carbocycles. The van der Waals surface area contributed by atoms with E-state index in [-0.39, 0.29) is 6.42 Å². The van der Waals surface area contributed by atoms with Crippen LogP contribution in [0.25, 0.3) is 0 Å². The molecule has 0 saturated heterocycles. The number of hydrogen-bond acceptors (Lipinski definition) is 2. The van der Waals surface area contributed by atoms with E-state index < -0.39 is 5.97 Å². The molecule has 0 aliphatic rings. The van der Waals surface area contributed by atoms with Crippen LogP contribution in [0.1, 0.15) is 17.5 Å². The predicted molar refractivity (Wildman–Crippen MR) is 76.4 cm³/mol. The van der Waals surface area contributed by atoms with Crippen molar-refractivity contribution in [2.45, 2.75) is 12.8 Å². The molecule has 0 saturated carbocycles. The summed E-state index contributed by atoms with van der Waals surface area (Å²) in [7, 11) is 0. The third-order valence-electron chi connectivity index (χ3n) is 2.87. The van der Waals surface area contributed by atoms with Crippen molar-refractivity contribution in [1.29, 1.82) is 0 Å². The van der Waals surface area contributed by atoms with E-state index >= 15 is 0 Å². The maximum absolute atomic E-state index is 10.4. The quantitative estimate of drug-likeness (QED) is 0.833. The minimum absolute atomic E-state index is 0.131. The number of hydrogen-bond donors (Lipinski definition) is 2. The lowest BCUT2D eigenvalue weighted by Crippen LogP contribution is -2.07. The van der Waals surface area contributed by atoms with Gasteiger partial charge >= 0.3 is 5.97 Å². The van der Waals surface area contributed by atoms with Crippen LogP contribution in [0.4, 0.5) is 5.69 Å². The first-order valence-electron chi connectivity index (χ1n) is 6.32. The first-order chi connectivity index (χ1) is 9.24. The molecule has 2 rings (SSSR count). The van der Waals surface area contributed by atoms with Crippen LogP contribution >= 0.6 is 0 Å². The second kappa shape index (κ2) is 6.59. The van der Waals surface area contributed by atoms with Crippen molar-refractivity contribution in [3.63, 3.8) is 0 Å². The molecular formula is C16H17NO2. The zero-order chi connectivity index (χ0) is 13.5. The molecule has 0 bridgehead atoms. The minimum Gasteiger partial charge on any atom is -0.481 e. The van der Waals surface area contributed by atoms with E-state index in [9.17, 15) is 4.79 Å². The van der Waals surface area contributed by atoms with E-state index in [2.05, 4.69) is 29.6 Å². The zero-order valence-corrected chi connectivity index (χ0v) is 10.7. The van der Waals surface area contributed by atoms with Crippen LogP contribution in [0, 0.1) is 0 Å². The number of carbonyl (C=O) groups is 1. The molecule has 0 atom stereocenters. The lowest BCUT2D eigenvalue weighted by Gasteiger charge is -2.06. The fourth-order valence-electron chi connectivity index (χ4n) is 1.89. The number of nitrogens with one attached hydrogen (secondary N) is 1. The Morgan fingerprint density at radius 3 is 2.21 bits per heavy atom. The lowest BCUT2D eigenvalue weighted by molar-refractivity contribution is -0.136. The lowest BCUT2D eigenvalue weighted by atomic mass is 10.0. The number of benzene rings is 2. The van der Waals surface area contributed by atoms with E-state index in [4.69, 9.17) is 5.11 Å². The van der Waals surface area contributed by atoms with Crippen molar-refractivity contribution in [3.8, 4) is 0 Å². The average Bonchev–Trinajstić information content (AvgIpc) is 2.42. The van der Waals surface area contributed by atoms with Crippen LogP contribution in [0.15, 0.2) is 54.6 Å². The molecule has 0 unspecified atom stereocenters. The molecule has 0 radical (unpaired) electrons. The summed E-state index contributed by atoms with van der Waals surface area (Å²) in [4.78, 5) is 10.4. The van der Waals surface area contributed by atoms with Gasteiger partial charge in [-0.3, -0.25) is 4.79 Å². The van der Waals surface area contributed by atoms with E-state index in [1.165, 1.54) is 11.1 Å². The van der Waals surface area contributed by atoms with E-state index in [0.717, 1.165) is 12.1 Å². The Morgan fingerprint density at radius 1 is 0.947 bits per heavy atom. The second-order valence-electron chi connectivity index (χ2n) is 4.43. The monoisotopic (exact) mass is 255 g/mol. The first kappa shape index (κ1) is 13.1. The Hall–Kier alpha value is -2.29. The normalized spacial score (nSPS) is 10.1. The van der Waals surface area contributed by atoms with Gasteiger partial charge in [-0.1, -0.05) is 42.5 Å². The Balaban J connectivity index is 1.89. The van der Waals surface area contributed by atoms with Crippen molar-refractivity contribution in [3.05, 3.63) is 65.7 Å². The van der Waals surface area contributed by atoms with E-state index in [1.54, 1.807) is 0 Å². The van der Waals surface area contributed by atoms with Gasteiger partial charge in [0.15, 0.2) is 0 Å². The summed E-state index contributed by atoms with van der Waals surface area (Å²) in [6.45, 7) is 0.452. The van der Waals surface area contributed by atoms with E-state index in [1.807, 2.05) is 30.3 Å². The first-order valence-corrected chi connectivity index (χ1v) is 6.32. The molecule has 0 spiro atoms. The van der Waals surface area contributed by atoms with Gasteiger partial charge in [0.25, 0.3) is 0 Å². The molecule has 0 heterocycles. The van der Waals surface area contributed by atoms with Crippen LogP contribution in [0.3, 0.4) is 0 Å². The molecule has 0 amide bonds. The SMILES string of the molecule is O=C(O)CCNc1ccc(Cc2ccccc2)cc1. The van der Waals surface area contributed by atoms with Crippen LogP contribution in [0.5, 0.6) is 0 Å². The Labute approximate surface area is 112 Å². The number of aliphatic carboxylic acids is 1. The van der Waals surface area contributed by atoms with Crippen molar-refractivity contribution in [1.82, 2.24) is 0 Å². The van der Waals surface area contributed by atoms with Gasteiger partial charge in [-0.2, -0.15) is 0 Å². The maximum Gasteiger partial charge on any atom is 0.305 e. The van der Waals surface area contributed by atoms with Gasteiger partial charge in [0, 0.05) is 12.2 Å². The standard InChI is InChI=1S/C16H17NO2/c18-16(19)10-11-17-15-8-6-14(7-9-15)12-13-4-2-1-3-5-13/h1-9,17H,10-12H2,(H,18,19). The average molecular weight is 255 g/mol. The molecule has 0 fully saturated rings. The molecule has 19 heavy (non-hydrogen) atoms. The summed E-state index contributed by atoms with van der Waals surface area (Å²) in [6, 6.07) is 18.4. The topological polar surface area (TPSA) is 49.3 Å². The highest BCUT2D eigenvalue weighted by Gasteiger charge is 1.98. The van der Waals surface area contributed by atoms with Crippen molar-refractivity contribution < 1.29 is 9.90 Å². The smallest absolute Gasteiger partial charge is 0.305 e. The number of carboxylic acid groups (broad SMARTS) is 1. The van der Waals surface area contributed by atoms with Crippen molar-refractivity contribution in [2.75, 3.05) is 11.9 Å². The summed E-state index contributed by atoms with van der Waals surface area (Å²) in [5, 5.41) is 11.6. The zero-order valence-electron chi connectivity index (χ0n) is 10.7. The number of carboxylic acids is 1. The second-order valence-corrected chi connectivity index (χ2v) is 4.43. The Morgan fingerprint density at radius 2 is 1.58 bits per heavy atom. The van der Waals surface area contributed by atoms with Crippen LogP contribution < -0.4 is 5.32 Å². The fourth-order valence-corrected chi connectivity index (χ4v) is 1.89. The molecule has 3 nitrogen and oxygen atoms in total. The highest BCUT2D eigenvalue weighted by molar-refractivity contribution is 5.67. The molecule has 2 N–H and O–H groups in total. The minimum atomic E-state index is -0.784. The summed E-state index contributed by atoms with van der Waals surface area (Å²) < 4.78 is 0. The predicted octanol–water partition coefficient (Wildman–Crippen LogP) is 3.16. The maximum atomic E-state index is 10.4. The largest absolute Gasteiger partial charge is 0.481 e. The fraction of sp³-hybridized carbons (Fsp3) is 0.188. The molecule has 2 aromatic rings. The van der Waals surface area contributed by atoms with Gasteiger partial charge in [-0.05, 0) is 29.7 Å². The van der Waals surface area contributed by atoms with Gasteiger partial charge in [-0.15, -0.1) is 0 Å². The van der Waals surface area contributed by atoms with Crippen molar-refractivity contribution in [2.24, 2.45) is 0 Å². The molecule has 0 aromatic heterocycles. The van der Waals surface area contributed by atoms with Gasteiger partial charge in [0.05, 0.1) is 6.42 Å². The molecule has 98 valence electrons. The third-order valence-corrected chi connectivity index (χ3v) is 2.87. The summed E-state index contributed by atoms with van der Waals surface area (Å²) in [5.41, 5.74) is 3.49. The van der Waals surface area contributed by atoms with Gasteiger partial charge in [0.1, 0.15) is 0 Å². The van der Waals surface area contributed by atoms with Gasteiger partial charge < -0.3 is 10.4 Å². The van der Waals surface area contributed by atoms with Gasteiger partial charge in [-0.25, -0.2) is 0 Å². The van der Waals surface area contributed by atoms with E-state index in [0.29, 0.717) is 6.54 Å². The summed E-state index contributed by atoms with van der Waals surface area (Å²) in [6.07, 6.45) is 1.04. The van der Waals surface area contributed by atoms with Crippen molar-refractivity contribution >= 4 is 11.7 Å². The number of rotatable bonds is 6. The molecule has 0 aliphatic carbocycles. The Kier molecular flexibility index (Phi) is 4.56. The summed E-state index contributed by atoms with van der Waals surface area (Å²) in [5.74, 6) is -0.784. The Bertz CT molecular complexity index is 520. The van der Waals surface area contributed by atoms with Crippen LogP contribution in [-0.4, -0.2) is 17.6 Å². The highest BCUT2D eigenvalue weighted by Crippen LogP contribution is 2.13. The summed E-state index contributed by atoms with van der Waals surface area (Å²) >= 11 is 0. The molecule has 3 heteroatoms.